The summed E-state index contributed by atoms with van der Waals surface area (Å²) < 4.78 is 147. The first-order chi connectivity index (χ1) is 28.3. The largest absolute Gasteiger partial charge is 0.748 e. The molecule has 0 spiro atoms. The molecule has 0 amide bonds. The predicted octanol–water partition coefficient (Wildman–Crippen LogP) is 4.47. The first kappa shape index (κ1) is 49.6. The number of benzene rings is 2. The maximum absolute atomic E-state index is 12.1. The average molecular weight is 927 g/mol. The lowest BCUT2D eigenvalue weighted by atomic mass is 9.76. The van der Waals surface area contributed by atoms with Crippen LogP contribution in [0.15, 0.2) is 94.4 Å². The van der Waals surface area contributed by atoms with Crippen LogP contribution in [0.4, 0.5) is 11.4 Å². The van der Waals surface area contributed by atoms with Crippen molar-refractivity contribution in [1.29, 1.82) is 0 Å². The molecule has 2 aromatic carbocycles. The molecule has 2 N–H and O–H groups in total. The van der Waals surface area contributed by atoms with Crippen LogP contribution in [0.25, 0.3) is 0 Å². The monoisotopic (exact) mass is 926 g/mol. The highest BCUT2D eigenvalue weighted by molar-refractivity contribution is 7.86. The molecule has 61 heavy (non-hydrogen) atoms. The molecule has 0 saturated carbocycles. The van der Waals surface area contributed by atoms with Gasteiger partial charge in [0.2, 0.25) is 5.69 Å². The molecule has 2 atom stereocenters. The fourth-order valence-electron chi connectivity index (χ4n) is 7.98. The second kappa shape index (κ2) is 20.0. The van der Waals surface area contributed by atoms with Crippen molar-refractivity contribution in [2.75, 3.05) is 43.2 Å². The summed E-state index contributed by atoms with van der Waals surface area (Å²) in [5.41, 5.74) is 1.33. The number of unbranched alkanes of at least 4 members (excludes halogenated alkanes) is 2. The van der Waals surface area contributed by atoms with Crippen LogP contribution in [-0.4, -0.2) is 112 Å². The minimum Gasteiger partial charge on any atom is -0.748 e. The van der Waals surface area contributed by atoms with Gasteiger partial charge in [-0.2, -0.15) is 13.0 Å². The van der Waals surface area contributed by atoms with E-state index in [4.69, 9.17) is 9.84 Å². The number of allylic oxidation sites excluding steroid dienone is 8. The van der Waals surface area contributed by atoms with E-state index in [1.165, 1.54) is 43.5 Å². The summed E-state index contributed by atoms with van der Waals surface area (Å²) >= 11 is 0. The van der Waals surface area contributed by atoms with Gasteiger partial charge in [-0.25, -0.2) is 25.3 Å². The van der Waals surface area contributed by atoms with Crippen molar-refractivity contribution in [3.05, 3.63) is 95.8 Å². The maximum atomic E-state index is 12.1. The van der Waals surface area contributed by atoms with E-state index in [9.17, 15) is 56.7 Å². The van der Waals surface area contributed by atoms with Gasteiger partial charge in [0, 0.05) is 72.5 Å². The molecule has 0 bridgehead atoms. The summed E-state index contributed by atoms with van der Waals surface area (Å²) in [6.07, 6.45) is 13.6. The van der Waals surface area contributed by atoms with Crippen molar-refractivity contribution in [2.24, 2.45) is 0 Å². The number of carbonyl (C=O) groups is 1. The molecule has 2 unspecified atom stereocenters. The number of hydrogen-bond acceptors (Lipinski definition) is 14. The van der Waals surface area contributed by atoms with Crippen LogP contribution in [0.3, 0.4) is 0 Å². The van der Waals surface area contributed by atoms with E-state index >= 15 is 0 Å². The first-order valence-corrected chi connectivity index (χ1v) is 25.3. The van der Waals surface area contributed by atoms with Gasteiger partial charge >= 0.3 is 5.97 Å². The van der Waals surface area contributed by atoms with Crippen molar-refractivity contribution < 1.29 is 71.1 Å². The lowest BCUT2D eigenvalue weighted by Crippen LogP contribution is -2.32. The van der Waals surface area contributed by atoms with Crippen LogP contribution in [-0.2, 0) is 60.8 Å². The average Bonchev–Trinajstić information content (AvgIpc) is 3.51. The third-order valence-corrected chi connectivity index (χ3v) is 14.1. The molecule has 0 fully saturated rings. The van der Waals surface area contributed by atoms with Crippen LogP contribution in [0.2, 0.25) is 0 Å². The predicted molar refractivity (Wildman–Crippen MR) is 224 cm³/mol. The Balaban J connectivity index is 1.73. The highest BCUT2D eigenvalue weighted by Gasteiger charge is 2.48. The van der Waals surface area contributed by atoms with E-state index in [-0.39, 0.29) is 43.6 Å². The second-order valence-electron chi connectivity index (χ2n) is 15.2. The molecule has 0 aliphatic carbocycles. The summed E-state index contributed by atoms with van der Waals surface area (Å²) in [6.45, 7) is 4.51. The van der Waals surface area contributed by atoms with Crippen LogP contribution >= 0.6 is 0 Å². The number of carboxylic acid groups (broad SMARTS) is 1. The molecule has 2 heterocycles. The van der Waals surface area contributed by atoms with Crippen LogP contribution in [0.1, 0.15) is 76.3 Å². The molecule has 2 aromatic rings. The minimum absolute atomic E-state index is 0.0216. The summed E-state index contributed by atoms with van der Waals surface area (Å²) in [4.78, 5) is 12.1. The third-order valence-electron chi connectivity index (χ3n) is 10.9. The molecule has 17 nitrogen and oxygen atoms in total. The molecular formula is C40H50N2O15S4-2. The Labute approximate surface area is 357 Å². The molecule has 336 valence electrons. The zero-order valence-electron chi connectivity index (χ0n) is 33.9. The van der Waals surface area contributed by atoms with Gasteiger partial charge < -0.3 is 28.4 Å². The quantitative estimate of drug-likeness (QED) is 0.0673. The van der Waals surface area contributed by atoms with Crippen molar-refractivity contribution in [2.45, 2.75) is 85.8 Å². The van der Waals surface area contributed by atoms with Crippen LogP contribution in [0.5, 0.6) is 0 Å². The van der Waals surface area contributed by atoms with E-state index in [0.29, 0.717) is 66.3 Å². The molecule has 2 aliphatic heterocycles. The fraction of sp³-hybridized carbons (Fsp3) is 0.450. The summed E-state index contributed by atoms with van der Waals surface area (Å²) in [7, 11) is -17.1. The zero-order chi connectivity index (χ0) is 45.4. The Kier molecular flexibility index (Phi) is 16.2. The SMILES string of the molecule is COCCN1/C(=C/C=C/C=C/C=C/C2=[N+](CCCCCC(=O)O)c3ccc(S(=O)(=O)[O-])cc3C2(C)CCCS(=O)(=O)[O-])C(C)(CCCS(=O)(=O)[O-])c2cc(S(=O)(=O)O)ccc21. The number of nitrogens with zero attached hydrogens (tertiary/aromatic N) is 2. The number of anilines is 1. The van der Waals surface area contributed by atoms with E-state index < -0.39 is 73.7 Å². The lowest BCUT2D eigenvalue weighted by molar-refractivity contribution is -0.438. The van der Waals surface area contributed by atoms with Gasteiger partial charge in [-0.1, -0.05) is 30.4 Å². The van der Waals surface area contributed by atoms with Gasteiger partial charge in [0.25, 0.3) is 10.1 Å². The minimum atomic E-state index is -4.87. The number of carboxylic acids is 1. The number of hydrogen-bond donors (Lipinski definition) is 2. The molecule has 0 radical (unpaired) electrons. The Morgan fingerprint density at radius 3 is 1.95 bits per heavy atom. The van der Waals surface area contributed by atoms with Crippen molar-refractivity contribution in [1.82, 2.24) is 0 Å². The molecule has 0 saturated heterocycles. The molecule has 0 aromatic heterocycles. The number of ether oxygens (including phenoxy) is 1. The number of rotatable bonds is 23. The fourth-order valence-corrected chi connectivity index (χ4v) is 9.98. The van der Waals surface area contributed by atoms with Gasteiger partial charge in [-0.05, 0) is 94.3 Å². The number of fused-ring (bicyclic) bond motifs is 2. The van der Waals surface area contributed by atoms with Gasteiger partial charge in [0.1, 0.15) is 16.7 Å². The highest BCUT2D eigenvalue weighted by atomic mass is 32.2. The summed E-state index contributed by atoms with van der Waals surface area (Å²) in [5.74, 6) is -2.25. The normalized spacial score (nSPS) is 20.5. The third kappa shape index (κ3) is 13.0. The van der Waals surface area contributed by atoms with Crippen LogP contribution < -0.4 is 4.90 Å². The standard InChI is InChI=1S/C40H52N2O15S4/c1-39(21-12-26-58(45,46)47)32-28-30(60(51,52)53)17-19-34(32)41(23-11-7-10-16-38(43)44)36(39)14-8-5-4-6-9-15-37-40(2,22-13-27-59(48,49)50)33-29-31(61(54,55)56)18-20-35(33)42(37)24-25-57-3/h4-6,8-9,14-15,17-20,28-29H,7,10-13,16,21-27H2,1-3H3,(H4-,43,44,45,46,47,48,49,50,51,52,53,54,55,56)/p-2. The van der Waals surface area contributed by atoms with E-state index in [2.05, 4.69) is 0 Å². The van der Waals surface area contributed by atoms with Crippen molar-refractivity contribution in [3.8, 4) is 0 Å². The second-order valence-corrected chi connectivity index (χ2v) is 21.1. The van der Waals surface area contributed by atoms with Gasteiger partial charge in [0.05, 0.1) is 42.0 Å². The van der Waals surface area contributed by atoms with E-state index in [1.807, 2.05) is 9.48 Å². The molecule has 21 heteroatoms. The lowest BCUT2D eigenvalue weighted by Gasteiger charge is -2.30. The topological polar surface area (TPSA) is 279 Å². The Morgan fingerprint density at radius 2 is 1.36 bits per heavy atom. The van der Waals surface area contributed by atoms with Crippen molar-refractivity contribution >= 4 is 63.5 Å². The van der Waals surface area contributed by atoms with Crippen LogP contribution in [0, 0.1) is 0 Å². The number of aliphatic carboxylic acids is 1. The van der Waals surface area contributed by atoms with E-state index in [0.717, 1.165) is 0 Å². The number of methoxy groups -OCH3 is 1. The Morgan fingerprint density at radius 1 is 0.770 bits per heavy atom. The Hall–Kier alpha value is -4.06. The smallest absolute Gasteiger partial charge is 0.303 e. The molecule has 4 rings (SSSR count). The summed E-state index contributed by atoms with van der Waals surface area (Å²) in [5, 5.41) is 9.08. The van der Waals surface area contributed by atoms with Crippen molar-refractivity contribution in [3.63, 3.8) is 0 Å². The molecular weight excluding hydrogens is 877 g/mol. The van der Waals surface area contributed by atoms with E-state index in [1.54, 1.807) is 56.4 Å². The first-order valence-electron chi connectivity index (χ1n) is 19.3. The maximum Gasteiger partial charge on any atom is 0.303 e. The Bertz CT molecular complexity index is 2580. The summed E-state index contributed by atoms with van der Waals surface area (Å²) in [6, 6.07) is 8.09. The van der Waals surface area contributed by atoms with Gasteiger partial charge in [-0.15, -0.1) is 0 Å². The van der Waals surface area contributed by atoms with Gasteiger partial charge in [-0.3, -0.25) is 9.35 Å². The zero-order valence-corrected chi connectivity index (χ0v) is 37.2. The molecule has 2 aliphatic rings. The highest BCUT2D eigenvalue weighted by Crippen LogP contribution is 2.51. The van der Waals surface area contributed by atoms with Gasteiger partial charge in [0.15, 0.2) is 5.71 Å².